The first kappa shape index (κ1) is 14.5. The van der Waals surface area contributed by atoms with E-state index in [0.29, 0.717) is 12.1 Å². The monoisotopic (exact) mass is 265 g/mol. The maximum Gasteiger partial charge on any atom is 0.494 e. The summed E-state index contributed by atoms with van der Waals surface area (Å²) in [4.78, 5) is 0. The van der Waals surface area contributed by atoms with Gasteiger partial charge < -0.3 is 14.6 Å². The van der Waals surface area contributed by atoms with E-state index < -0.39 is 18.3 Å². The highest BCUT2D eigenvalue weighted by molar-refractivity contribution is 6.62. The van der Waals surface area contributed by atoms with Crippen LogP contribution < -0.4 is 10.8 Å². The number of rotatable bonds is 3. The van der Waals surface area contributed by atoms with Crippen molar-refractivity contribution in [3.05, 3.63) is 29.6 Å². The Labute approximate surface area is 114 Å². The van der Waals surface area contributed by atoms with Crippen LogP contribution in [0.4, 0.5) is 4.39 Å². The second-order valence-corrected chi connectivity index (χ2v) is 5.97. The molecule has 1 heterocycles. The summed E-state index contributed by atoms with van der Waals surface area (Å²) in [7, 11) is 1.28. The first-order valence-electron chi connectivity index (χ1n) is 6.55. The highest BCUT2D eigenvalue weighted by Gasteiger charge is 2.51. The Morgan fingerprint density at radius 2 is 1.74 bits per heavy atom. The van der Waals surface area contributed by atoms with Crippen LogP contribution in [0.25, 0.3) is 0 Å². The Morgan fingerprint density at radius 3 is 2.21 bits per heavy atom. The molecule has 1 aromatic carbocycles. The fourth-order valence-corrected chi connectivity index (χ4v) is 2.02. The van der Waals surface area contributed by atoms with Crippen molar-refractivity contribution >= 4 is 12.6 Å². The van der Waals surface area contributed by atoms with Gasteiger partial charge in [-0.05, 0) is 46.3 Å². The molecule has 0 aliphatic carbocycles. The third kappa shape index (κ3) is 2.68. The second kappa shape index (κ2) is 4.89. The number of hydrogen-bond donors (Lipinski definition) is 1. The van der Waals surface area contributed by atoms with Gasteiger partial charge in [-0.25, -0.2) is 4.39 Å². The van der Waals surface area contributed by atoms with Gasteiger partial charge in [0.05, 0.1) is 11.2 Å². The topological polar surface area (TPSA) is 30.5 Å². The minimum atomic E-state index is -0.511. The highest BCUT2D eigenvalue weighted by Crippen LogP contribution is 2.36. The zero-order valence-electron chi connectivity index (χ0n) is 12.2. The Bertz CT molecular complexity index is 461. The van der Waals surface area contributed by atoms with Gasteiger partial charge in [-0.15, -0.1) is 0 Å². The summed E-state index contributed by atoms with van der Waals surface area (Å²) in [6, 6.07) is 5.12. The summed E-state index contributed by atoms with van der Waals surface area (Å²) in [6.07, 6.45) is 0. The number of benzene rings is 1. The van der Waals surface area contributed by atoms with Crippen molar-refractivity contribution < 1.29 is 13.7 Å². The summed E-state index contributed by atoms with van der Waals surface area (Å²) in [5, 5.41) is 2.94. The van der Waals surface area contributed by atoms with Crippen LogP contribution in [0, 0.1) is 5.82 Å². The van der Waals surface area contributed by atoms with Crippen LogP contribution in [-0.4, -0.2) is 25.4 Å². The van der Waals surface area contributed by atoms with Crippen LogP contribution in [0.1, 0.15) is 33.3 Å². The van der Waals surface area contributed by atoms with Gasteiger partial charge in [0.25, 0.3) is 0 Å². The van der Waals surface area contributed by atoms with Crippen molar-refractivity contribution in [2.45, 2.75) is 45.4 Å². The van der Waals surface area contributed by atoms with Gasteiger partial charge in [0.15, 0.2) is 0 Å². The van der Waals surface area contributed by atoms with Crippen molar-refractivity contribution in [2.24, 2.45) is 0 Å². The normalized spacial score (nSPS) is 20.8. The lowest BCUT2D eigenvalue weighted by atomic mass is 9.78. The van der Waals surface area contributed by atoms with Crippen molar-refractivity contribution in [3.8, 4) is 0 Å². The zero-order chi connectivity index (χ0) is 14.3. The maximum atomic E-state index is 13.9. The molecular weight excluding hydrogens is 244 g/mol. The largest absolute Gasteiger partial charge is 0.494 e. The number of hydrogen-bond acceptors (Lipinski definition) is 3. The molecule has 3 nitrogen and oxygen atoms in total. The average molecular weight is 265 g/mol. The highest BCUT2D eigenvalue weighted by atomic mass is 19.1. The Balaban J connectivity index is 2.23. The first-order valence-corrected chi connectivity index (χ1v) is 6.55. The van der Waals surface area contributed by atoms with Crippen LogP contribution >= 0.6 is 0 Å². The lowest BCUT2D eigenvalue weighted by Crippen LogP contribution is -2.41. The summed E-state index contributed by atoms with van der Waals surface area (Å²) >= 11 is 0. The minimum absolute atomic E-state index is 0.235. The second-order valence-electron chi connectivity index (χ2n) is 5.97. The van der Waals surface area contributed by atoms with Crippen molar-refractivity contribution in [2.75, 3.05) is 7.05 Å². The van der Waals surface area contributed by atoms with Gasteiger partial charge in [0.2, 0.25) is 0 Å². The molecule has 1 N–H and O–H groups in total. The van der Waals surface area contributed by atoms with E-state index in [1.54, 1.807) is 13.1 Å². The van der Waals surface area contributed by atoms with Gasteiger partial charge >= 0.3 is 7.12 Å². The molecule has 0 saturated carbocycles. The molecule has 0 radical (unpaired) electrons. The molecule has 0 atom stereocenters. The molecule has 0 unspecified atom stereocenters. The lowest BCUT2D eigenvalue weighted by Gasteiger charge is -2.32. The van der Waals surface area contributed by atoms with E-state index in [-0.39, 0.29) is 5.82 Å². The summed E-state index contributed by atoms with van der Waals surface area (Å²) in [5.74, 6) is -0.235. The molecule has 2 rings (SSSR count). The Kier molecular flexibility index (Phi) is 3.73. The summed E-state index contributed by atoms with van der Waals surface area (Å²) in [6.45, 7) is 8.45. The van der Waals surface area contributed by atoms with E-state index in [0.717, 1.165) is 5.46 Å². The smallest absolute Gasteiger partial charge is 0.399 e. The van der Waals surface area contributed by atoms with Gasteiger partial charge in [0, 0.05) is 12.1 Å². The fraction of sp³-hybridized carbons (Fsp3) is 0.571. The molecule has 5 heteroatoms. The molecule has 104 valence electrons. The predicted molar refractivity (Wildman–Crippen MR) is 74.9 cm³/mol. The van der Waals surface area contributed by atoms with Gasteiger partial charge in [-0.1, -0.05) is 12.1 Å². The van der Waals surface area contributed by atoms with Crippen molar-refractivity contribution in [1.82, 2.24) is 5.32 Å². The quantitative estimate of drug-likeness (QED) is 0.846. The van der Waals surface area contributed by atoms with Crippen molar-refractivity contribution in [1.29, 1.82) is 0 Å². The van der Waals surface area contributed by atoms with Crippen LogP contribution in [0.2, 0.25) is 0 Å². The van der Waals surface area contributed by atoms with Crippen molar-refractivity contribution in [3.63, 3.8) is 0 Å². The third-order valence-electron chi connectivity index (χ3n) is 3.97. The molecule has 1 aliphatic heterocycles. The van der Waals surface area contributed by atoms with E-state index >= 15 is 0 Å². The van der Waals surface area contributed by atoms with Crippen LogP contribution in [0.5, 0.6) is 0 Å². The van der Waals surface area contributed by atoms with Crippen LogP contribution in [-0.2, 0) is 15.9 Å². The molecule has 1 saturated heterocycles. The molecule has 1 aromatic rings. The van der Waals surface area contributed by atoms with E-state index in [1.165, 1.54) is 6.07 Å². The SMILES string of the molecule is CNCc1ccc(B2OC(C)(C)C(C)(C)O2)cc1F. The molecule has 0 amide bonds. The van der Waals surface area contributed by atoms with E-state index in [1.807, 2.05) is 33.8 Å². The maximum absolute atomic E-state index is 13.9. The first-order chi connectivity index (χ1) is 8.77. The average Bonchev–Trinajstić information content (AvgIpc) is 2.51. The van der Waals surface area contributed by atoms with Crippen LogP contribution in [0.3, 0.4) is 0 Å². The fourth-order valence-electron chi connectivity index (χ4n) is 2.02. The van der Waals surface area contributed by atoms with Gasteiger partial charge in [-0.3, -0.25) is 0 Å². The lowest BCUT2D eigenvalue weighted by molar-refractivity contribution is 0.00578. The molecule has 1 aliphatic rings. The number of nitrogens with one attached hydrogen (secondary N) is 1. The molecule has 0 aromatic heterocycles. The third-order valence-corrected chi connectivity index (χ3v) is 3.97. The van der Waals surface area contributed by atoms with Gasteiger partial charge in [0.1, 0.15) is 5.82 Å². The molecule has 0 spiro atoms. The standard InChI is InChI=1S/C14H21BFNO2/c1-13(2)14(3,4)19-15(18-13)11-7-6-10(9-17-5)12(16)8-11/h6-8,17H,9H2,1-5H3. The van der Waals surface area contributed by atoms with Crippen LogP contribution in [0.15, 0.2) is 18.2 Å². The minimum Gasteiger partial charge on any atom is -0.399 e. The van der Waals surface area contributed by atoms with E-state index in [4.69, 9.17) is 9.31 Å². The summed E-state index contributed by atoms with van der Waals surface area (Å²) in [5.41, 5.74) is 0.550. The Morgan fingerprint density at radius 1 is 1.16 bits per heavy atom. The predicted octanol–water partition coefficient (Wildman–Crippen LogP) is 1.84. The van der Waals surface area contributed by atoms with E-state index in [2.05, 4.69) is 5.32 Å². The number of halogens is 1. The molecular formula is C14H21BFNO2. The van der Waals surface area contributed by atoms with E-state index in [9.17, 15) is 4.39 Å². The Hall–Kier alpha value is -0.905. The molecule has 1 fully saturated rings. The molecule has 0 bridgehead atoms. The van der Waals surface area contributed by atoms with Gasteiger partial charge in [-0.2, -0.15) is 0 Å². The molecule has 19 heavy (non-hydrogen) atoms. The summed E-state index contributed by atoms with van der Waals surface area (Å²) < 4.78 is 25.7. The zero-order valence-corrected chi connectivity index (χ0v) is 12.2.